The van der Waals surface area contributed by atoms with Gasteiger partial charge in [-0.05, 0) is 56.9 Å². The maximum absolute atomic E-state index is 11.4. The predicted octanol–water partition coefficient (Wildman–Crippen LogP) is 1.92. The van der Waals surface area contributed by atoms with Crippen LogP contribution in [0.2, 0.25) is 0 Å². The molecule has 0 radical (unpaired) electrons. The van der Waals surface area contributed by atoms with E-state index in [-0.39, 0.29) is 6.04 Å². The fourth-order valence-corrected chi connectivity index (χ4v) is 5.73. The van der Waals surface area contributed by atoms with E-state index in [1.54, 1.807) is 0 Å². The Hall–Kier alpha value is -0.590. The molecule has 0 spiro atoms. The topological polar surface area (TPSA) is 47.3 Å². The Balaban J connectivity index is 1.75. The van der Waals surface area contributed by atoms with Crippen LogP contribution in [-0.2, 0) is 0 Å². The second kappa shape index (κ2) is 3.49. The molecule has 4 aliphatic rings. The molecular formula is C15H22N2O. The van der Waals surface area contributed by atoms with Crippen molar-refractivity contribution >= 4 is 0 Å². The fraction of sp³-hybridized carbons (Fsp3) is 0.933. The first-order valence-electron chi connectivity index (χ1n) is 7.57. The molecule has 5 unspecified atom stereocenters. The van der Waals surface area contributed by atoms with Gasteiger partial charge in [-0.2, -0.15) is 5.26 Å². The van der Waals surface area contributed by atoms with Gasteiger partial charge in [-0.25, -0.2) is 0 Å². The minimum atomic E-state index is -0.710. The third-order valence-electron chi connectivity index (χ3n) is 6.52. The van der Waals surface area contributed by atoms with Crippen molar-refractivity contribution in [3.05, 3.63) is 0 Å². The molecule has 0 aromatic heterocycles. The number of rotatable bonds is 1. The van der Waals surface area contributed by atoms with Crippen LogP contribution in [0, 0.1) is 28.6 Å². The lowest BCUT2D eigenvalue weighted by atomic mass is 9.60. The SMILES string of the molecule is N#CC1(C2(O)CCN3CCCC32)CC2CCC1C2. The van der Waals surface area contributed by atoms with Crippen LogP contribution in [0.3, 0.4) is 0 Å². The number of aliphatic hydroxyl groups is 1. The Morgan fingerprint density at radius 3 is 2.78 bits per heavy atom. The normalized spacial score (nSPS) is 54.8. The number of hydrogen-bond acceptors (Lipinski definition) is 3. The van der Waals surface area contributed by atoms with E-state index in [4.69, 9.17) is 0 Å². The molecule has 2 saturated heterocycles. The van der Waals surface area contributed by atoms with Crippen molar-refractivity contribution in [3.8, 4) is 6.07 Å². The summed E-state index contributed by atoms with van der Waals surface area (Å²) in [7, 11) is 0. The minimum Gasteiger partial charge on any atom is -0.387 e. The Morgan fingerprint density at radius 1 is 1.22 bits per heavy atom. The lowest BCUT2D eigenvalue weighted by Crippen LogP contribution is -2.56. The van der Waals surface area contributed by atoms with E-state index in [9.17, 15) is 10.4 Å². The molecular weight excluding hydrogens is 224 g/mol. The summed E-state index contributed by atoms with van der Waals surface area (Å²) in [6.45, 7) is 2.13. The first-order chi connectivity index (χ1) is 8.69. The maximum atomic E-state index is 11.4. The maximum Gasteiger partial charge on any atom is 0.100 e. The van der Waals surface area contributed by atoms with Gasteiger partial charge in [-0.3, -0.25) is 4.90 Å². The number of hydrogen-bond donors (Lipinski definition) is 1. The zero-order valence-electron chi connectivity index (χ0n) is 10.9. The molecule has 2 saturated carbocycles. The second-order valence-electron chi connectivity index (χ2n) is 7.03. The summed E-state index contributed by atoms with van der Waals surface area (Å²) >= 11 is 0. The van der Waals surface area contributed by atoms with E-state index in [0.29, 0.717) is 11.8 Å². The predicted molar refractivity (Wildman–Crippen MR) is 67.7 cm³/mol. The molecule has 3 heteroatoms. The molecule has 1 N–H and O–H groups in total. The van der Waals surface area contributed by atoms with Crippen molar-refractivity contribution < 1.29 is 5.11 Å². The van der Waals surface area contributed by atoms with Gasteiger partial charge in [0.25, 0.3) is 0 Å². The lowest BCUT2D eigenvalue weighted by Gasteiger charge is -2.46. The van der Waals surface area contributed by atoms with Gasteiger partial charge in [0.1, 0.15) is 5.60 Å². The summed E-state index contributed by atoms with van der Waals surface area (Å²) in [6, 6.07) is 2.90. The van der Waals surface area contributed by atoms with E-state index in [0.717, 1.165) is 32.4 Å². The van der Waals surface area contributed by atoms with Crippen molar-refractivity contribution in [2.24, 2.45) is 17.3 Å². The summed E-state index contributed by atoms with van der Waals surface area (Å²) in [5.74, 6) is 1.19. The van der Waals surface area contributed by atoms with E-state index in [2.05, 4.69) is 11.0 Å². The third-order valence-corrected chi connectivity index (χ3v) is 6.52. The van der Waals surface area contributed by atoms with Crippen molar-refractivity contribution in [1.82, 2.24) is 4.90 Å². The molecule has 98 valence electrons. The molecule has 2 aliphatic carbocycles. The van der Waals surface area contributed by atoms with Gasteiger partial charge in [-0.1, -0.05) is 6.42 Å². The third kappa shape index (κ3) is 1.12. The molecule has 2 heterocycles. The summed E-state index contributed by atoms with van der Waals surface area (Å²) in [6.07, 6.45) is 7.75. The highest BCUT2D eigenvalue weighted by Crippen LogP contribution is 2.63. The highest BCUT2D eigenvalue weighted by Gasteiger charge is 2.67. The largest absolute Gasteiger partial charge is 0.387 e. The highest BCUT2D eigenvalue weighted by molar-refractivity contribution is 5.25. The average Bonchev–Trinajstić information content (AvgIpc) is 3.10. The van der Waals surface area contributed by atoms with Crippen molar-refractivity contribution in [3.63, 3.8) is 0 Å². The molecule has 0 aromatic carbocycles. The lowest BCUT2D eigenvalue weighted by molar-refractivity contribution is -0.0975. The van der Waals surface area contributed by atoms with Gasteiger partial charge in [0.2, 0.25) is 0 Å². The van der Waals surface area contributed by atoms with E-state index in [1.165, 1.54) is 25.7 Å². The molecule has 3 nitrogen and oxygen atoms in total. The van der Waals surface area contributed by atoms with Gasteiger partial charge in [0.05, 0.1) is 11.5 Å². The van der Waals surface area contributed by atoms with Crippen LogP contribution in [0.1, 0.15) is 44.9 Å². The van der Waals surface area contributed by atoms with Crippen molar-refractivity contribution in [2.75, 3.05) is 13.1 Å². The first kappa shape index (κ1) is 11.3. The Bertz CT molecular complexity index is 417. The standard InChI is InChI=1S/C15H22N2O/c16-10-14(9-11-3-4-12(14)8-11)15(18)5-7-17-6-1-2-13(15)17/h11-13,18H,1-9H2. The Kier molecular flexibility index (Phi) is 2.18. The molecule has 4 rings (SSSR count). The molecule has 5 atom stereocenters. The van der Waals surface area contributed by atoms with Crippen LogP contribution in [0.25, 0.3) is 0 Å². The summed E-state index contributed by atoms with van der Waals surface area (Å²) in [5, 5.41) is 21.2. The van der Waals surface area contributed by atoms with Crippen LogP contribution in [0.15, 0.2) is 0 Å². The molecule has 0 amide bonds. The first-order valence-corrected chi connectivity index (χ1v) is 7.57. The van der Waals surface area contributed by atoms with Crippen LogP contribution >= 0.6 is 0 Å². The Labute approximate surface area is 109 Å². The zero-order chi connectivity index (χ0) is 12.4. The van der Waals surface area contributed by atoms with Crippen LogP contribution < -0.4 is 0 Å². The van der Waals surface area contributed by atoms with E-state index < -0.39 is 11.0 Å². The number of nitriles is 1. The second-order valence-corrected chi connectivity index (χ2v) is 7.03. The van der Waals surface area contributed by atoms with Crippen molar-refractivity contribution in [1.29, 1.82) is 5.26 Å². The summed E-state index contributed by atoms with van der Waals surface area (Å²) in [5.41, 5.74) is -1.13. The van der Waals surface area contributed by atoms with Crippen molar-refractivity contribution in [2.45, 2.75) is 56.6 Å². The molecule has 4 fully saturated rings. The number of fused-ring (bicyclic) bond motifs is 3. The monoisotopic (exact) mass is 246 g/mol. The van der Waals surface area contributed by atoms with Gasteiger partial charge in [-0.15, -0.1) is 0 Å². The average molecular weight is 246 g/mol. The van der Waals surface area contributed by atoms with Crippen LogP contribution in [-0.4, -0.2) is 34.7 Å². The van der Waals surface area contributed by atoms with Crippen LogP contribution in [0.5, 0.6) is 0 Å². The highest BCUT2D eigenvalue weighted by atomic mass is 16.3. The summed E-state index contributed by atoms with van der Waals surface area (Å²) < 4.78 is 0. The van der Waals surface area contributed by atoms with Gasteiger partial charge >= 0.3 is 0 Å². The number of nitrogens with zero attached hydrogens (tertiary/aromatic N) is 2. The zero-order valence-corrected chi connectivity index (χ0v) is 10.9. The van der Waals surface area contributed by atoms with Crippen LogP contribution in [0.4, 0.5) is 0 Å². The van der Waals surface area contributed by atoms with Gasteiger partial charge < -0.3 is 5.11 Å². The molecule has 0 aromatic rings. The fourth-order valence-electron chi connectivity index (χ4n) is 5.73. The molecule has 2 aliphatic heterocycles. The van der Waals surface area contributed by atoms with E-state index in [1.807, 2.05) is 0 Å². The Morgan fingerprint density at radius 2 is 2.11 bits per heavy atom. The van der Waals surface area contributed by atoms with Gasteiger partial charge in [0, 0.05) is 12.6 Å². The quantitative estimate of drug-likeness (QED) is 0.769. The summed E-state index contributed by atoms with van der Waals surface area (Å²) in [4.78, 5) is 2.44. The van der Waals surface area contributed by atoms with E-state index >= 15 is 0 Å². The molecule has 18 heavy (non-hydrogen) atoms. The van der Waals surface area contributed by atoms with Gasteiger partial charge in [0.15, 0.2) is 0 Å². The molecule has 2 bridgehead atoms. The minimum absolute atomic E-state index is 0.275. The smallest absolute Gasteiger partial charge is 0.100 e.